The number of amides is 2. The number of carbonyl (C=O) groups excluding carboxylic acids is 2. The van der Waals surface area contributed by atoms with Crippen molar-refractivity contribution in [2.45, 2.75) is 38.9 Å². The first-order chi connectivity index (χ1) is 14.2. The van der Waals surface area contributed by atoms with Gasteiger partial charge in [-0.2, -0.15) is 0 Å². The lowest BCUT2D eigenvalue weighted by Gasteiger charge is -2.33. The zero-order valence-electron chi connectivity index (χ0n) is 17.1. The van der Waals surface area contributed by atoms with Gasteiger partial charge < -0.3 is 24.8 Å². The van der Waals surface area contributed by atoms with Crippen molar-refractivity contribution >= 4 is 23.4 Å². The van der Waals surface area contributed by atoms with Gasteiger partial charge in [-0.25, -0.2) is 0 Å². The van der Waals surface area contributed by atoms with Gasteiger partial charge in [0.15, 0.2) is 11.5 Å². The summed E-state index contributed by atoms with van der Waals surface area (Å²) in [6, 6.07) is 10.7. The van der Waals surface area contributed by atoms with E-state index >= 15 is 0 Å². The van der Waals surface area contributed by atoms with Gasteiger partial charge in [0, 0.05) is 12.1 Å². The molecule has 0 spiro atoms. The molecule has 0 saturated heterocycles. The van der Waals surface area contributed by atoms with Crippen LogP contribution >= 0.6 is 11.6 Å². The normalized spacial score (nSPS) is 13.6. The average Bonchev–Trinajstić information content (AvgIpc) is 3.14. The molecule has 0 radical (unpaired) electrons. The first-order valence-corrected chi connectivity index (χ1v) is 10.1. The Labute approximate surface area is 180 Å². The Morgan fingerprint density at radius 3 is 2.43 bits per heavy atom. The predicted octanol–water partition coefficient (Wildman–Crippen LogP) is 3.34. The molecule has 7 nitrogen and oxygen atoms in total. The van der Waals surface area contributed by atoms with Crippen LogP contribution in [0.2, 0.25) is 0 Å². The third kappa shape index (κ3) is 5.16. The Bertz CT molecular complexity index is 924. The topological polar surface area (TPSA) is 88.1 Å². The summed E-state index contributed by atoms with van der Waals surface area (Å²) < 4.78 is 10.8. The van der Waals surface area contributed by atoms with E-state index in [4.69, 9.17) is 21.1 Å². The molecule has 30 heavy (non-hydrogen) atoms. The summed E-state index contributed by atoms with van der Waals surface area (Å²) in [6.45, 7) is 5.89. The van der Waals surface area contributed by atoms with Crippen molar-refractivity contribution in [1.29, 1.82) is 0 Å². The Morgan fingerprint density at radius 2 is 1.80 bits per heavy atom. The molecule has 3 rings (SSSR count). The molecule has 0 aromatic heterocycles. The zero-order valence-corrected chi connectivity index (χ0v) is 17.9. The number of carbonyl (C=O) groups is 2. The number of fused-ring (bicyclic) bond motifs is 1. The molecule has 8 heteroatoms. The Balaban J connectivity index is 1.99. The maximum atomic E-state index is 13.2. The molecule has 160 valence electrons. The highest BCUT2D eigenvalue weighted by Crippen LogP contribution is 2.34. The number of phenols is 1. The summed E-state index contributed by atoms with van der Waals surface area (Å²) in [7, 11) is 0. The van der Waals surface area contributed by atoms with Crippen molar-refractivity contribution in [3.05, 3.63) is 53.6 Å². The second kappa shape index (κ2) is 8.83. The van der Waals surface area contributed by atoms with Gasteiger partial charge in [0.1, 0.15) is 17.7 Å². The van der Waals surface area contributed by atoms with Crippen molar-refractivity contribution in [3.63, 3.8) is 0 Å². The lowest BCUT2D eigenvalue weighted by molar-refractivity contribution is -0.140. The van der Waals surface area contributed by atoms with Crippen LogP contribution in [0.1, 0.15) is 37.9 Å². The summed E-state index contributed by atoms with van der Waals surface area (Å²) in [5.74, 6) is 0.284. The zero-order chi connectivity index (χ0) is 21.9. The Morgan fingerprint density at radius 1 is 1.13 bits per heavy atom. The largest absolute Gasteiger partial charge is 0.508 e. The number of ether oxygens (including phenoxy) is 2. The molecular weight excluding hydrogens is 408 g/mol. The number of aromatic hydroxyl groups is 1. The molecule has 0 saturated carbocycles. The van der Waals surface area contributed by atoms with E-state index in [2.05, 4.69) is 5.32 Å². The van der Waals surface area contributed by atoms with Crippen LogP contribution in [-0.2, 0) is 16.1 Å². The van der Waals surface area contributed by atoms with E-state index in [1.54, 1.807) is 24.3 Å². The maximum absolute atomic E-state index is 13.2. The summed E-state index contributed by atoms with van der Waals surface area (Å²) in [5.41, 5.74) is 0.833. The van der Waals surface area contributed by atoms with Gasteiger partial charge in [0.2, 0.25) is 18.6 Å². The average molecular weight is 433 g/mol. The molecule has 2 N–H and O–H groups in total. The Hall–Kier alpha value is -2.93. The van der Waals surface area contributed by atoms with Crippen LogP contribution in [-0.4, -0.2) is 40.0 Å². The fraction of sp³-hybridized carbons (Fsp3) is 0.364. The van der Waals surface area contributed by atoms with E-state index < -0.39 is 17.5 Å². The molecule has 0 aliphatic carbocycles. The predicted molar refractivity (Wildman–Crippen MR) is 113 cm³/mol. The van der Waals surface area contributed by atoms with Crippen molar-refractivity contribution in [1.82, 2.24) is 10.2 Å². The minimum atomic E-state index is -0.929. The van der Waals surface area contributed by atoms with Crippen molar-refractivity contribution in [2.75, 3.05) is 12.7 Å². The van der Waals surface area contributed by atoms with E-state index in [0.717, 1.165) is 5.56 Å². The summed E-state index contributed by atoms with van der Waals surface area (Å²) in [4.78, 5) is 27.5. The molecule has 2 aromatic carbocycles. The van der Waals surface area contributed by atoms with Crippen molar-refractivity contribution in [3.8, 4) is 17.2 Å². The standard InChI is InChI=1S/C22H25ClN2O5/c1-22(2,3)24-21(28)20(15-5-7-16(26)8-6-15)25(19(27)11-23)12-14-4-9-17-18(10-14)30-13-29-17/h4-10,20,26H,11-13H2,1-3H3,(H,24,28)/t20-/m0/s1. The van der Waals surface area contributed by atoms with Crippen LogP contribution in [0.3, 0.4) is 0 Å². The molecule has 0 bridgehead atoms. The van der Waals surface area contributed by atoms with Crippen LogP contribution in [0, 0.1) is 0 Å². The molecule has 0 fully saturated rings. The molecule has 1 heterocycles. The maximum Gasteiger partial charge on any atom is 0.247 e. The van der Waals surface area contributed by atoms with Crippen LogP contribution in [0.15, 0.2) is 42.5 Å². The van der Waals surface area contributed by atoms with E-state index in [9.17, 15) is 14.7 Å². The SMILES string of the molecule is CC(C)(C)NC(=O)[C@H](c1ccc(O)cc1)N(Cc1ccc2c(c1)OCO2)C(=O)CCl. The number of nitrogens with one attached hydrogen (secondary N) is 1. The molecule has 1 atom stereocenters. The second-order valence-electron chi connectivity index (χ2n) is 8.08. The third-order valence-corrected chi connectivity index (χ3v) is 4.72. The number of hydrogen-bond acceptors (Lipinski definition) is 5. The van der Waals surface area contributed by atoms with Crippen LogP contribution < -0.4 is 14.8 Å². The number of hydrogen-bond donors (Lipinski definition) is 2. The monoisotopic (exact) mass is 432 g/mol. The number of rotatable bonds is 6. The Kier molecular flexibility index (Phi) is 6.41. The molecule has 1 aliphatic rings. The highest BCUT2D eigenvalue weighted by atomic mass is 35.5. The summed E-state index contributed by atoms with van der Waals surface area (Å²) in [6.07, 6.45) is 0. The lowest BCUT2D eigenvalue weighted by Crippen LogP contribution is -2.49. The van der Waals surface area contributed by atoms with E-state index in [1.165, 1.54) is 17.0 Å². The van der Waals surface area contributed by atoms with Gasteiger partial charge in [-0.1, -0.05) is 18.2 Å². The van der Waals surface area contributed by atoms with Gasteiger partial charge in [-0.15, -0.1) is 11.6 Å². The number of benzene rings is 2. The van der Waals surface area contributed by atoms with E-state index in [0.29, 0.717) is 17.1 Å². The van der Waals surface area contributed by atoms with Gasteiger partial charge in [0.05, 0.1) is 0 Å². The summed E-state index contributed by atoms with van der Waals surface area (Å²) in [5, 5.41) is 12.6. The number of halogens is 1. The van der Waals surface area contributed by atoms with Crippen LogP contribution in [0.4, 0.5) is 0 Å². The van der Waals surface area contributed by atoms with Gasteiger partial charge in [-0.3, -0.25) is 9.59 Å². The minimum absolute atomic E-state index is 0.0692. The van der Waals surface area contributed by atoms with Crippen LogP contribution in [0.25, 0.3) is 0 Å². The van der Waals surface area contributed by atoms with Gasteiger partial charge in [-0.05, 0) is 56.2 Å². The number of alkyl halides is 1. The number of phenolic OH excluding ortho intramolecular Hbond substituents is 1. The second-order valence-corrected chi connectivity index (χ2v) is 8.34. The first kappa shape index (κ1) is 21.8. The molecule has 2 amide bonds. The van der Waals surface area contributed by atoms with E-state index in [1.807, 2.05) is 26.8 Å². The van der Waals surface area contributed by atoms with Gasteiger partial charge >= 0.3 is 0 Å². The highest BCUT2D eigenvalue weighted by molar-refractivity contribution is 6.27. The third-order valence-electron chi connectivity index (χ3n) is 4.49. The van der Waals surface area contributed by atoms with E-state index in [-0.39, 0.29) is 30.9 Å². The fourth-order valence-electron chi connectivity index (χ4n) is 3.20. The molecule has 2 aromatic rings. The van der Waals surface area contributed by atoms with Crippen molar-refractivity contribution in [2.24, 2.45) is 0 Å². The quantitative estimate of drug-likeness (QED) is 0.683. The van der Waals surface area contributed by atoms with Gasteiger partial charge in [0.25, 0.3) is 0 Å². The van der Waals surface area contributed by atoms with Crippen molar-refractivity contribution < 1.29 is 24.2 Å². The fourth-order valence-corrected chi connectivity index (χ4v) is 3.36. The number of nitrogens with zero attached hydrogens (tertiary/aromatic N) is 1. The first-order valence-electron chi connectivity index (χ1n) is 9.53. The lowest BCUT2D eigenvalue weighted by atomic mass is 10.0. The molecule has 1 aliphatic heterocycles. The minimum Gasteiger partial charge on any atom is -0.508 e. The molecular formula is C22H25ClN2O5. The van der Waals surface area contributed by atoms with Crippen LogP contribution in [0.5, 0.6) is 17.2 Å². The highest BCUT2D eigenvalue weighted by Gasteiger charge is 2.33. The smallest absolute Gasteiger partial charge is 0.247 e. The molecule has 0 unspecified atom stereocenters. The summed E-state index contributed by atoms with van der Waals surface area (Å²) >= 11 is 5.89.